The van der Waals surface area contributed by atoms with E-state index in [1.807, 2.05) is 19.1 Å². The lowest BCUT2D eigenvalue weighted by molar-refractivity contribution is -0.108. The highest BCUT2D eigenvalue weighted by molar-refractivity contribution is 6.25. The van der Waals surface area contributed by atoms with Gasteiger partial charge < -0.3 is 5.32 Å². The van der Waals surface area contributed by atoms with Crippen LogP contribution in [0.25, 0.3) is 0 Å². The fraction of sp³-hybridized carbons (Fsp3) is 0.381. The van der Waals surface area contributed by atoms with E-state index in [0.717, 1.165) is 30.7 Å². The molecule has 0 aliphatic heterocycles. The second-order valence-corrected chi connectivity index (χ2v) is 6.17. The zero-order chi connectivity index (χ0) is 18.7. The number of nitrogens with one attached hydrogen (secondary N) is 1. The van der Waals surface area contributed by atoms with Gasteiger partial charge in [-0.05, 0) is 56.6 Å². The summed E-state index contributed by atoms with van der Waals surface area (Å²) < 4.78 is 0. The predicted molar refractivity (Wildman–Crippen MR) is 107 cm³/mol. The topological polar surface area (TPSA) is 32.3 Å². The summed E-state index contributed by atoms with van der Waals surface area (Å²) in [6, 6.07) is 10.6. The first-order valence-corrected chi connectivity index (χ1v) is 9.12. The smallest absolute Gasteiger partial charge is 0.211 e. The maximum atomic E-state index is 11.0. The Balaban J connectivity index is 3.38. The number of rotatable bonds is 10. The van der Waals surface area contributed by atoms with E-state index in [1.165, 1.54) is 11.1 Å². The van der Waals surface area contributed by atoms with Crippen molar-refractivity contribution in [2.75, 3.05) is 13.6 Å². The molecule has 1 aromatic carbocycles. The summed E-state index contributed by atoms with van der Waals surface area (Å²) in [6.07, 6.45) is 8.05. The Bertz CT molecular complexity index is 622. The summed E-state index contributed by atoms with van der Waals surface area (Å²) in [5.74, 6) is 0. The molecule has 0 heterocycles. The van der Waals surface area contributed by atoms with Gasteiger partial charge in [0, 0.05) is 16.8 Å². The molecule has 136 valence electrons. The summed E-state index contributed by atoms with van der Waals surface area (Å²) >= 11 is 5.65. The molecule has 0 fully saturated rings. The van der Waals surface area contributed by atoms with Crippen LogP contribution in [0.1, 0.15) is 39.2 Å². The van der Waals surface area contributed by atoms with E-state index >= 15 is 0 Å². The lowest BCUT2D eigenvalue weighted by Crippen LogP contribution is -2.44. The molecule has 1 N–H and O–H groups in total. The van der Waals surface area contributed by atoms with Gasteiger partial charge in [-0.25, -0.2) is 0 Å². The van der Waals surface area contributed by atoms with Crippen LogP contribution in [0.15, 0.2) is 65.4 Å². The molecule has 0 radical (unpaired) electrons. The van der Waals surface area contributed by atoms with Gasteiger partial charge in [0.15, 0.2) is 0 Å². The van der Waals surface area contributed by atoms with Gasteiger partial charge in [-0.1, -0.05) is 61.9 Å². The number of hydrogen-bond donors (Lipinski definition) is 1. The Labute approximate surface area is 157 Å². The number of hydrogen-bond acceptors (Lipinski definition) is 2. The van der Waals surface area contributed by atoms with Gasteiger partial charge in [0.1, 0.15) is 0 Å². The largest absolute Gasteiger partial charge is 0.328 e. The van der Waals surface area contributed by atoms with Gasteiger partial charge in [0.25, 0.3) is 0 Å². The van der Waals surface area contributed by atoms with Crippen LogP contribution in [0.3, 0.4) is 0 Å². The molecule has 4 heteroatoms. The molecule has 1 aromatic rings. The average molecular weight is 361 g/mol. The van der Waals surface area contributed by atoms with Crippen LogP contribution < -0.4 is 5.32 Å². The Morgan fingerprint density at radius 2 is 1.96 bits per heavy atom. The first kappa shape index (κ1) is 21.2. The van der Waals surface area contributed by atoms with E-state index in [1.54, 1.807) is 6.08 Å². The second-order valence-electron chi connectivity index (χ2n) is 5.92. The summed E-state index contributed by atoms with van der Waals surface area (Å²) in [4.78, 5) is 13.4. The van der Waals surface area contributed by atoms with Crippen molar-refractivity contribution in [1.29, 1.82) is 0 Å². The number of amides is 1. The van der Waals surface area contributed by atoms with Crippen molar-refractivity contribution in [3.05, 3.63) is 70.9 Å². The molecule has 3 nitrogen and oxygen atoms in total. The number of nitrogens with zero attached hydrogens (tertiary/aromatic N) is 1. The average Bonchev–Trinajstić information content (AvgIpc) is 2.67. The van der Waals surface area contributed by atoms with Crippen molar-refractivity contribution in [2.24, 2.45) is 0 Å². The third-order valence-electron chi connectivity index (χ3n) is 4.83. The van der Waals surface area contributed by atoms with Crippen LogP contribution in [0.5, 0.6) is 0 Å². The van der Waals surface area contributed by atoms with E-state index in [-0.39, 0.29) is 5.54 Å². The van der Waals surface area contributed by atoms with Crippen molar-refractivity contribution >= 4 is 18.0 Å². The van der Waals surface area contributed by atoms with Crippen LogP contribution in [0.2, 0.25) is 0 Å². The SMILES string of the molecule is C\C=C(CC(CC)(c1ccccc1)N(C)CC)/C(=C\C=C\Cl)NC=O. The highest BCUT2D eigenvalue weighted by atomic mass is 35.5. The molecule has 0 saturated carbocycles. The number of carbonyl (C=O) groups excluding carboxylic acids is 1. The van der Waals surface area contributed by atoms with Crippen LogP contribution in [0.4, 0.5) is 0 Å². The summed E-state index contributed by atoms with van der Waals surface area (Å²) in [5, 5.41) is 2.81. The molecule has 0 saturated heterocycles. The van der Waals surface area contributed by atoms with Gasteiger partial charge in [0.05, 0.1) is 0 Å². The van der Waals surface area contributed by atoms with Gasteiger partial charge in [-0.15, -0.1) is 0 Å². The maximum absolute atomic E-state index is 11.0. The zero-order valence-corrected chi connectivity index (χ0v) is 16.4. The van der Waals surface area contributed by atoms with E-state index in [0.29, 0.717) is 6.41 Å². The molecule has 0 aliphatic rings. The Morgan fingerprint density at radius 1 is 1.28 bits per heavy atom. The quantitative estimate of drug-likeness (QED) is 0.472. The molecule has 0 aromatic heterocycles. The number of allylic oxidation sites excluding steroid dienone is 4. The third-order valence-corrected chi connectivity index (χ3v) is 4.97. The summed E-state index contributed by atoms with van der Waals surface area (Å²) in [7, 11) is 2.15. The van der Waals surface area contributed by atoms with E-state index < -0.39 is 0 Å². The van der Waals surface area contributed by atoms with E-state index in [4.69, 9.17) is 11.6 Å². The second kappa shape index (κ2) is 10.9. The summed E-state index contributed by atoms with van der Waals surface area (Å²) in [6.45, 7) is 7.31. The minimum Gasteiger partial charge on any atom is -0.328 e. The van der Waals surface area contributed by atoms with Crippen molar-refractivity contribution in [3.63, 3.8) is 0 Å². The fourth-order valence-corrected chi connectivity index (χ4v) is 3.29. The van der Waals surface area contributed by atoms with Crippen LogP contribution in [0, 0.1) is 0 Å². The molecule has 1 atom stereocenters. The minimum atomic E-state index is -0.147. The highest BCUT2D eigenvalue weighted by Crippen LogP contribution is 2.38. The molecular formula is C21H29ClN2O. The minimum absolute atomic E-state index is 0.147. The lowest BCUT2D eigenvalue weighted by Gasteiger charge is -2.42. The molecule has 0 aliphatic carbocycles. The first-order chi connectivity index (χ1) is 12.1. The zero-order valence-electron chi connectivity index (χ0n) is 15.6. The Morgan fingerprint density at radius 3 is 2.44 bits per heavy atom. The standard InChI is InChI=1S/C21H29ClN2O/c1-5-18(20(23-17-25)14-11-15-22)16-21(6-2,24(4)7-3)19-12-9-8-10-13-19/h5,8-15,17H,6-7,16H2,1-4H3,(H,23,25)/b15-11+,18-5-,20-14+. The van der Waals surface area contributed by atoms with Gasteiger partial charge in [-0.2, -0.15) is 0 Å². The predicted octanol–water partition coefficient (Wildman–Crippen LogP) is 4.96. The molecular weight excluding hydrogens is 332 g/mol. The maximum Gasteiger partial charge on any atom is 0.211 e. The number of halogens is 1. The number of carbonyl (C=O) groups is 1. The fourth-order valence-electron chi connectivity index (χ4n) is 3.22. The van der Waals surface area contributed by atoms with Crippen molar-refractivity contribution in [3.8, 4) is 0 Å². The van der Waals surface area contributed by atoms with Crippen LogP contribution in [-0.2, 0) is 10.3 Å². The first-order valence-electron chi connectivity index (χ1n) is 8.69. The highest BCUT2D eigenvalue weighted by Gasteiger charge is 2.35. The van der Waals surface area contributed by atoms with Crippen molar-refractivity contribution in [1.82, 2.24) is 10.2 Å². The Hall–Kier alpha value is -1.84. The third kappa shape index (κ3) is 5.32. The van der Waals surface area contributed by atoms with Gasteiger partial charge >= 0.3 is 0 Å². The number of benzene rings is 1. The molecule has 25 heavy (non-hydrogen) atoms. The normalized spacial score (nSPS) is 15.4. The Kier molecular flexibility index (Phi) is 9.25. The summed E-state index contributed by atoms with van der Waals surface area (Å²) in [5.41, 5.74) is 4.41. The van der Waals surface area contributed by atoms with E-state index in [9.17, 15) is 4.79 Å². The molecule has 1 rings (SSSR count). The molecule has 1 unspecified atom stereocenters. The molecule has 0 bridgehead atoms. The van der Waals surface area contributed by atoms with Crippen LogP contribution in [-0.4, -0.2) is 24.9 Å². The van der Waals surface area contributed by atoms with Gasteiger partial charge in [0.2, 0.25) is 6.41 Å². The molecule has 1 amide bonds. The van der Waals surface area contributed by atoms with Crippen molar-refractivity contribution < 1.29 is 4.79 Å². The molecule has 0 spiro atoms. The van der Waals surface area contributed by atoms with Crippen LogP contribution >= 0.6 is 11.6 Å². The van der Waals surface area contributed by atoms with Crippen molar-refractivity contribution in [2.45, 2.75) is 39.2 Å². The van der Waals surface area contributed by atoms with Gasteiger partial charge in [-0.3, -0.25) is 9.69 Å². The van der Waals surface area contributed by atoms with E-state index in [2.05, 4.69) is 61.5 Å². The lowest BCUT2D eigenvalue weighted by atomic mass is 9.79. The monoisotopic (exact) mass is 360 g/mol.